The van der Waals surface area contributed by atoms with Crippen molar-refractivity contribution in [3.63, 3.8) is 0 Å². The standard InChI is InChI=1S/C19H17F3N2O3/c1-11(25)13-4-3-5-14(10-13)24(12(2)26)9-8-17(27)23-16-7-6-15(20)18(21)19(16)22/h3-7,10H,8-9H2,1-2H3,(H,23,27). The number of ketones is 1. The second-order valence-electron chi connectivity index (χ2n) is 5.80. The van der Waals surface area contributed by atoms with Gasteiger partial charge in [-0.05, 0) is 31.2 Å². The molecule has 27 heavy (non-hydrogen) atoms. The van der Waals surface area contributed by atoms with Gasteiger partial charge in [0.25, 0.3) is 0 Å². The van der Waals surface area contributed by atoms with Crippen molar-refractivity contribution in [2.75, 3.05) is 16.8 Å². The first-order valence-electron chi connectivity index (χ1n) is 8.03. The fourth-order valence-electron chi connectivity index (χ4n) is 2.41. The quantitative estimate of drug-likeness (QED) is 0.616. The fraction of sp³-hybridized carbons (Fsp3) is 0.211. The molecule has 2 aromatic carbocycles. The monoisotopic (exact) mass is 378 g/mol. The minimum absolute atomic E-state index is 0.0478. The van der Waals surface area contributed by atoms with Crippen molar-refractivity contribution in [2.45, 2.75) is 20.3 Å². The van der Waals surface area contributed by atoms with Crippen molar-refractivity contribution in [3.05, 3.63) is 59.4 Å². The van der Waals surface area contributed by atoms with Gasteiger partial charge in [0.15, 0.2) is 23.2 Å². The highest BCUT2D eigenvalue weighted by Gasteiger charge is 2.17. The summed E-state index contributed by atoms with van der Waals surface area (Å²) in [6.07, 6.45) is -0.220. The van der Waals surface area contributed by atoms with Gasteiger partial charge in [-0.1, -0.05) is 12.1 Å². The van der Waals surface area contributed by atoms with Gasteiger partial charge in [-0.25, -0.2) is 13.2 Å². The molecule has 5 nitrogen and oxygen atoms in total. The summed E-state index contributed by atoms with van der Waals surface area (Å²) < 4.78 is 39.7. The molecule has 2 rings (SSSR count). The Hall–Kier alpha value is -3.16. The van der Waals surface area contributed by atoms with Gasteiger partial charge in [-0.2, -0.15) is 0 Å². The molecule has 0 bridgehead atoms. The van der Waals surface area contributed by atoms with Gasteiger partial charge in [-0.15, -0.1) is 0 Å². The zero-order chi connectivity index (χ0) is 20.1. The van der Waals surface area contributed by atoms with Crippen LogP contribution in [0.1, 0.15) is 30.6 Å². The summed E-state index contributed by atoms with van der Waals surface area (Å²) in [6.45, 7) is 2.64. The minimum atomic E-state index is -1.68. The van der Waals surface area contributed by atoms with Crippen molar-refractivity contribution >= 4 is 29.0 Å². The highest BCUT2D eigenvalue weighted by Crippen LogP contribution is 2.21. The molecule has 142 valence electrons. The number of benzene rings is 2. The topological polar surface area (TPSA) is 66.5 Å². The third-order valence-corrected chi connectivity index (χ3v) is 3.82. The van der Waals surface area contributed by atoms with Gasteiger partial charge in [0.2, 0.25) is 11.8 Å². The molecule has 0 aromatic heterocycles. The molecule has 0 radical (unpaired) electrons. The van der Waals surface area contributed by atoms with E-state index in [9.17, 15) is 27.6 Å². The number of Topliss-reactive ketones (excluding diaryl/α,β-unsaturated/α-hetero) is 1. The average molecular weight is 378 g/mol. The zero-order valence-electron chi connectivity index (χ0n) is 14.7. The van der Waals surface area contributed by atoms with E-state index in [-0.39, 0.29) is 24.7 Å². The first kappa shape index (κ1) is 20.2. The zero-order valence-corrected chi connectivity index (χ0v) is 14.7. The summed E-state index contributed by atoms with van der Waals surface area (Å²) in [5, 5.41) is 2.14. The molecule has 0 unspecified atom stereocenters. The summed E-state index contributed by atoms with van der Waals surface area (Å²) in [4.78, 5) is 36.7. The van der Waals surface area contributed by atoms with Gasteiger partial charge in [0, 0.05) is 31.1 Å². The number of nitrogens with one attached hydrogen (secondary N) is 1. The van der Waals surface area contributed by atoms with Crippen molar-refractivity contribution in [3.8, 4) is 0 Å². The highest BCUT2D eigenvalue weighted by atomic mass is 19.2. The van der Waals surface area contributed by atoms with E-state index < -0.39 is 29.0 Å². The maximum atomic E-state index is 13.6. The molecule has 0 fully saturated rings. The minimum Gasteiger partial charge on any atom is -0.323 e. The molecule has 0 aliphatic carbocycles. The van der Waals surface area contributed by atoms with Crippen molar-refractivity contribution in [1.82, 2.24) is 0 Å². The SMILES string of the molecule is CC(=O)c1cccc(N(CCC(=O)Nc2ccc(F)c(F)c2F)C(C)=O)c1. The Bertz CT molecular complexity index is 900. The third kappa shape index (κ3) is 4.93. The first-order valence-corrected chi connectivity index (χ1v) is 8.03. The lowest BCUT2D eigenvalue weighted by Crippen LogP contribution is -2.32. The van der Waals surface area contributed by atoms with Crippen molar-refractivity contribution in [1.29, 1.82) is 0 Å². The van der Waals surface area contributed by atoms with Gasteiger partial charge in [0.1, 0.15) is 0 Å². The predicted octanol–water partition coefficient (Wildman–Crippen LogP) is 3.69. The largest absolute Gasteiger partial charge is 0.323 e. The van der Waals surface area contributed by atoms with E-state index in [1.54, 1.807) is 18.2 Å². The lowest BCUT2D eigenvalue weighted by molar-refractivity contribution is -0.117. The van der Waals surface area contributed by atoms with E-state index >= 15 is 0 Å². The summed E-state index contributed by atoms with van der Waals surface area (Å²) in [7, 11) is 0. The number of amides is 2. The third-order valence-electron chi connectivity index (χ3n) is 3.82. The Morgan fingerprint density at radius 2 is 1.70 bits per heavy atom. The van der Waals surface area contributed by atoms with E-state index in [4.69, 9.17) is 0 Å². The van der Waals surface area contributed by atoms with Crippen LogP contribution in [0.4, 0.5) is 24.5 Å². The van der Waals surface area contributed by atoms with Gasteiger partial charge >= 0.3 is 0 Å². The second-order valence-corrected chi connectivity index (χ2v) is 5.80. The molecule has 0 aliphatic heterocycles. The molecule has 8 heteroatoms. The number of carbonyl (C=O) groups excluding carboxylic acids is 3. The predicted molar refractivity (Wildman–Crippen MR) is 94.0 cm³/mol. The van der Waals surface area contributed by atoms with Crippen LogP contribution in [0.5, 0.6) is 0 Å². The Morgan fingerprint density at radius 1 is 1.00 bits per heavy atom. The number of carbonyl (C=O) groups is 3. The van der Waals surface area contributed by atoms with E-state index in [0.717, 1.165) is 6.07 Å². The van der Waals surface area contributed by atoms with Crippen LogP contribution < -0.4 is 10.2 Å². The van der Waals surface area contributed by atoms with Crippen LogP contribution in [0, 0.1) is 17.5 Å². The number of rotatable bonds is 6. The Labute approximate surface area is 153 Å². The number of nitrogens with zero attached hydrogens (tertiary/aromatic N) is 1. The van der Waals surface area contributed by atoms with Gasteiger partial charge < -0.3 is 10.2 Å². The molecular weight excluding hydrogens is 361 g/mol. The van der Waals surface area contributed by atoms with Crippen LogP contribution in [-0.4, -0.2) is 24.1 Å². The maximum Gasteiger partial charge on any atom is 0.226 e. The summed E-state index contributed by atoms with van der Waals surface area (Å²) >= 11 is 0. The Kier molecular flexibility index (Phi) is 6.33. The van der Waals surface area contributed by atoms with Crippen molar-refractivity contribution in [2.24, 2.45) is 0 Å². The van der Waals surface area contributed by atoms with Crippen LogP contribution >= 0.6 is 0 Å². The Balaban J connectivity index is 2.09. The summed E-state index contributed by atoms with van der Waals surface area (Å²) in [6, 6.07) is 7.95. The normalized spacial score (nSPS) is 10.4. The molecule has 0 aliphatic rings. The van der Waals surface area contributed by atoms with Crippen LogP contribution in [0.3, 0.4) is 0 Å². The van der Waals surface area contributed by atoms with E-state index in [1.807, 2.05) is 0 Å². The molecule has 0 heterocycles. The molecule has 0 atom stereocenters. The number of halogens is 3. The summed E-state index contributed by atoms with van der Waals surface area (Å²) in [5.74, 6) is -5.76. The van der Waals surface area contributed by atoms with Crippen LogP contribution in [0.25, 0.3) is 0 Å². The van der Waals surface area contributed by atoms with Gasteiger partial charge in [0.05, 0.1) is 5.69 Å². The molecule has 0 spiro atoms. The molecule has 2 aromatic rings. The maximum absolute atomic E-state index is 13.6. The Morgan fingerprint density at radius 3 is 2.33 bits per heavy atom. The van der Waals surface area contributed by atoms with Crippen molar-refractivity contribution < 1.29 is 27.6 Å². The van der Waals surface area contributed by atoms with Crippen LogP contribution in [0.2, 0.25) is 0 Å². The smallest absolute Gasteiger partial charge is 0.226 e. The van der Waals surface area contributed by atoms with Gasteiger partial charge in [-0.3, -0.25) is 14.4 Å². The first-order chi connectivity index (χ1) is 12.7. The molecule has 0 saturated carbocycles. The highest BCUT2D eigenvalue weighted by molar-refractivity contribution is 5.98. The summed E-state index contributed by atoms with van der Waals surface area (Å²) in [5.41, 5.74) is 0.348. The van der Waals surface area contributed by atoms with E-state index in [0.29, 0.717) is 17.3 Å². The number of hydrogen-bond acceptors (Lipinski definition) is 3. The molecule has 1 N–H and O–H groups in total. The lowest BCUT2D eigenvalue weighted by atomic mass is 10.1. The van der Waals surface area contributed by atoms with Crippen LogP contribution in [-0.2, 0) is 9.59 Å². The fourth-order valence-corrected chi connectivity index (χ4v) is 2.41. The number of hydrogen-bond donors (Lipinski definition) is 1. The second kappa shape index (κ2) is 8.48. The molecule has 0 saturated heterocycles. The van der Waals surface area contributed by atoms with E-state index in [2.05, 4.69) is 5.32 Å². The van der Waals surface area contributed by atoms with E-state index in [1.165, 1.54) is 24.8 Å². The lowest BCUT2D eigenvalue weighted by Gasteiger charge is -2.21. The average Bonchev–Trinajstić information content (AvgIpc) is 2.62. The van der Waals surface area contributed by atoms with Crippen LogP contribution in [0.15, 0.2) is 36.4 Å². The molecule has 2 amide bonds. The molecular formula is C19H17F3N2O3. The number of anilines is 2.